The smallest absolute Gasteiger partial charge is 0.0646 e. The van der Waals surface area contributed by atoms with Gasteiger partial charge in [-0.1, -0.05) is 36.8 Å². The lowest BCUT2D eigenvalue weighted by atomic mass is 10.1. The van der Waals surface area contributed by atoms with Gasteiger partial charge < -0.3 is 4.74 Å². The largest absolute Gasteiger partial charge is 0.381 e. The van der Waals surface area contributed by atoms with Gasteiger partial charge in [0.25, 0.3) is 0 Å². The molecule has 0 spiro atoms. The van der Waals surface area contributed by atoms with Crippen molar-refractivity contribution < 1.29 is 4.74 Å². The molecule has 0 unspecified atom stereocenters. The summed E-state index contributed by atoms with van der Waals surface area (Å²) >= 11 is 0. The third-order valence-electron chi connectivity index (χ3n) is 1.55. The molecule has 12 heavy (non-hydrogen) atoms. The first-order valence-electron chi connectivity index (χ1n) is 4.30. The van der Waals surface area contributed by atoms with Gasteiger partial charge in [-0.25, -0.2) is 0 Å². The van der Waals surface area contributed by atoms with Crippen LogP contribution in [0.1, 0.15) is 19.8 Å². The number of hydrogen-bond acceptors (Lipinski definition) is 1. The van der Waals surface area contributed by atoms with Gasteiger partial charge in [0.05, 0.1) is 6.61 Å². The Morgan fingerprint density at radius 2 is 2.25 bits per heavy atom. The van der Waals surface area contributed by atoms with Crippen LogP contribution in [0.25, 0.3) is 0 Å². The number of ether oxygens (including phenoxy) is 1. The van der Waals surface area contributed by atoms with E-state index in [4.69, 9.17) is 4.74 Å². The Morgan fingerprint density at radius 1 is 1.50 bits per heavy atom. The van der Waals surface area contributed by atoms with Gasteiger partial charge in [0, 0.05) is 7.11 Å². The summed E-state index contributed by atoms with van der Waals surface area (Å²) in [6.07, 6.45) is 10.2. The van der Waals surface area contributed by atoms with Crippen LogP contribution in [0.5, 0.6) is 0 Å². The van der Waals surface area contributed by atoms with E-state index in [1.165, 1.54) is 5.57 Å². The monoisotopic (exact) mass is 166 g/mol. The van der Waals surface area contributed by atoms with E-state index in [9.17, 15) is 0 Å². The normalized spacial score (nSPS) is 12.3. The van der Waals surface area contributed by atoms with E-state index in [1.54, 1.807) is 7.11 Å². The van der Waals surface area contributed by atoms with Crippen molar-refractivity contribution >= 4 is 0 Å². The Labute approximate surface area is 75.4 Å². The van der Waals surface area contributed by atoms with Crippen molar-refractivity contribution in [2.75, 3.05) is 13.7 Å². The molecule has 0 saturated heterocycles. The molecule has 0 fully saturated rings. The average Bonchev–Trinajstić information content (AvgIpc) is 2.11. The van der Waals surface area contributed by atoms with E-state index >= 15 is 0 Å². The summed E-state index contributed by atoms with van der Waals surface area (Å²) in [6.45, 7) is 6.50. The summed E-state index contributed by atoms with van der Waals surface area (Å²) in [7, 11) is 1.70. The molecule has 0 amide bonds. The lowest BCUT2D eigenvalue weighted by Crippen LogP contribution is -1.82. The molecule has 68 valence electrons. The van der Waals surface area contributed by atoms with Crippen LogP contribution in [0, 0.1) is 0 Å². The molecule has 0 bridgehead atoms. The van der Waals surface area contributed by atoms with Crippen LogP contribution in [0.15, 0.2) is 36.5 Å². The van der Waals surface area contributed by atoms with Crippen LogP contribution in [-0.2, 0) is 4.74 Å². The minimum Gasteiger partial charge on any atom is -0.381 e. The first-order chi connectivity index (χ1) is 5.85. The van der Waals surface area contributed by atoms with E-state index in [-0.39, 0.29) is 0 Å². The van der Waals surface area contributed by atoms with Gasteiger partial charge in [-0.05, 0) is 12.8 Å². The van der Waals surface area contributed by atoms with E-state index < -0.39 is 0 Å². The highest BCUT2D eigenvalue weighted by Gasteiger charge is 1.85. The fourth-order valence-corrected chi connectivity index (χ4v) is 0.861. The highest BCUT2D eigenvalue weighted by molar-refractivity contribution is 5.18. The Bertz CT molecular complexity index is 166. The zero-order valence-corrected chi connectivity index (χ0v) is 8.05. The molecule has 1 nitrogen and oxygen atoms in total. The second-order valence-electron chi connectivity index (χ2n) is 2.51. The van der Waals surface area contributed by atoms with Gasteiger partial charge in [0.15, 0.2) is 0 Å². The molecular formula is C11H18O. The molecule has 0 aromatic carbocycles. The fourth-order valence-electron chi connectivity index (χ4n) is 0.861. The maximum absolute atomic E-state index is 4.91. The second kappa shape index (κ2) is 8.28. The highest BCUT2D eigenvalue weighted by Crippen LogP contribution is 2.04. The molecule has 0 N–H and O–H groups in total. The van der Waals surface area contributed by atoms with Gasteiger partial charge in [-0.15, -0.1) is 6.58 Å². The van der Waals surface area contributed by atoms with Crippen LogP contribution >= 0.6 is 0 Å². The number of hydrogen-bond donors (Lipinski definition) is 0. The first-order valence-corrected chi connectivity index (χ1v) is 4.30. The predicted octanol–water partition coefficient (Wildman–Crippen LogP) is 3.10. The fraction of sp³-hybridized carbons (Fsp3) is 0.455. The maximum Gasteiger partial charge on any atom is 0.0646 e. The van der Waals surface area contributed by atoms with Crippen molar-refractivity contribution in [3.8, 4) is 0 Å². The summed E-state index contributed by atoms with van der Waals surface area (Å²) in [4.78, 5) is 0. The lowest BCUT2D eigenvalue weighted by Gasteiger charge is -1.95. The predicted molar refractivity (Wildman–Crippen MR) is 54.2 cm³/mol. The van der Waals surface area contributed by atoms with E-state index in [1.807, 2.05) is 12.2 Å². The van der Waals surface area contributed by atoms with Crippen molar-refractivity contribution in [1.82, 2.24) is 0 Å². The molecule has 1 heteroatoms. The summed E-state index contributed by atoms with van der Waals surface area (Å²) in [5.74, 6) is 0. The quantitative estimate of drug-likeness (QED) is 0.435. The minimum atomic E-state index is 0.686. The Balaban J connectivity index is 3.88. The third kappa shape index (κ3) is 5.93. The topological polar surface area (TPSA) is 9.23 Å². The van der Waals surface area contributed by atoms with E-state index in [0.29, 0.717) is 6.61 Å². The highest BCUT2D eigenvalue weighted by atomic mass is 16.5. The van der Waals surface area contributed by atoms with Crippen LogP contribution in [0.4, 0.5) is 0 Å². The van der Waals surface area contributed by atoms with Crippen molar-refractivity contribution in [3.05, 3.63) is 36.5 Å². The Morgan fingerprint density at radius 3 is 2.75 bits per heavy atom. The lowest BCUT2D eigenvalue weighted by molar-refractivity contribution is 0.234. The zero-order valence-electron chi connectivity index (χ0n) is 8.05. The number of methoxy groups -OCH3 is 1. The standard InChI is InChI=1S/C11H18O/c1-4-6-8-11(5-2)9-7-10-12-3/h4,7-9H,1,5-6,10H2,2-3H3/b9-7-,11-8-. The van der Waals surface area contributed by atoms with Gasteiger partial charge in [-0.3, -0.25) is 0 Å². The molecule has 0 aliphatic heterocycles. The summed E-state index contributed by atoms with van der Waals surface area (Å²) in [6, 6.07) is 0. The molecule has 0 atom stereocenters. The van der Waals surface area contributed by atoms with Crippen LogP contribution in [0.2, 0.25) is 0 Å². The van der Waals surface area contributed by atoms with Gasteiger partial charge in [-0.2, -0.15) is 0 Å². The van der Waals surface area contributed by atoms with Crippen LogP contribution in [-0.4, -0.2) is 13.7 Å². The molecule has 0 aromatic rings. The molecule has 0 radical (unpaired) electrons. The van der Waals surface area contributed by atoms with E-state index in [2.05, 4.69) is 25.7 Å². The van der Waals surface area contributed by atoms with Crippen molar-refractivity contribution in [2.45, 2.75) is 19.8 Å². The van der Waals surface area contributed by atoms with Gasteiger partial charge in [0.2, 0.25) is 0 Å². The molecular weight excluding hydrogens is 148 g/mol. The minimum absolute atomic E-state index is 0.686. The zero-order chi connectivity index (χ0) is 9.23. The van der Waals surface area contributed by atoms with Crippen molar-refractivity contribution in [1.29, 1.82) is 0 Å². The summed E-state index contributed by atoms with van der Waals surface area (Å²) < 4.78 is 4.91. The van der Waals surface area contributed by atoms with Crippen molar-refractivity contribution in [2.24, 2.45) is 0 Å². The Kier molecular flexibility index (Phi) is 7.71. The molecule has 0 aliphatic rings. The number of allylic oxidation sites excluding steroid dienone is 4. The average molecular weight is 166 g/mol. The van der Waals surface area contributed by atoms with E-state index in [0.717, 1.165) is 12.8 Å². The van der Waals surface area contributed by atoms with Crippen LogP contribution < -0.4 is 0 Å². The van der Waals surface area contributed by atoms with Crippen molar-refractivity contribution in [3.63, 3.8) is 0 Å². The molecule has 0 heterocycles. The Hall–Kier alpha value is -0.820. The molecule has 0 aromatic heterocycles. The summed E-state index contributed by atoms with van der Waals surface area (Å²) in [5, 5.41) is 0. The second-order valence-corrected chi connectivity index (χ2v) is 2.51. The molecule has 0 saturated carbocycles. The van der Waals surface area contributed by atoms with Gasteiger partial charge in [0.1, 0.15) is 0 Å². The van der Waals surface area contributed by atoms with Gasteiger partial charge >= 0.3 is 0 Å². The summed E-state index contributed by atoms with van der Waals surface area (Å²) in [5.41, 5.74) is 1.34. The van der Waals surface area contributed by atoms with Crippen LogP contribution in [0.3, 0.4) is 0 Å². The molecule has 0 aliphatic carbocycles. The number of rotatable bonds is 6. The molecule has 0 rings (SSSR count). The first kappa shape index (κ1) is 11.2. The third-order valence-corrected chi connectivity index (χ3v) is 1.55. The SMILES string of the molecule is C=CC/C=C(\C=C/COC)CC. The maximum atomic E-state index is 4.91.